The van der Waals surface area contributed by atoms with Crippen LogP contribution < -0.4 is 0 Å². The number of carbonyl (C=O) groups is 1. The standard InChI is InChI=1S/C14H19NO2/c16-13(12-6-5-11-17-12)14(7-1-2-8-14)15-9-3-4-10-15/h5-6,11H,1-4,7-10H2. The van der Waals surface area contributed by atoms with E-state index in [9.17, 15) is 4.79 Å². The molecular weight excluding hydrogens is 214 g/mol. The highest BCUT2D eigenvalue weighted by Crippen LogP contribution is 2.39. The van der Waals surface area contributed by atoms with E-state index in [2.05, 4.69) is 4.90 Å². The fourth-order valence-electron chi connectivity index (χ4n) is 3.43. The van der Waals surface area contributed by atoms with Crippen LogP contribution >= 0.6 is 0 Å². The Morgan fingerprint density at radius 1 is 1.18 bits per heavy atom. The summed E-state index contributed by atoms with van der Waals surface area (Å²) >= 11 is 0. The van der Waals surface area contributed by atoms with Gasteiger partial charge in [0.05, 0.1) is 11.8 Å². The van der Waals surface area contributed by atoms with E-state index >= 15 is 0 Å². The average molecular weight is 233 g/mol. The molecule has 3 nitrogen and oxygen atoms in total. The van der Waals surface area contributed by atoms with Crippen LogP contribution in [-0.4, -0.2) is 29.3 Å². The van der Waals surface area contributed by atoms with Crippen LogP contribution in [0.3, 0.4) is 0 Å². The molecule has 0 N–H and O–H groups in total. The molecule has 0 atom stereocenters. The Bertz CT molecular complexity index is 384. The van der Waals surface area contributed by atoms with Gasteiger partial charge in [0.2, 0.25) is 5.78 Å². The monoisotopic (exact) mass is 233 g/mol. The van der Waals surface area contributed by atoms with Crippen molar-refractivity contribution in [3.05, 3.63) is 24.2 Å². The van der Waals surface area contributed by atoms with E-state index < -0.39 is 0 Å². The van der Waals surface area contributed by atoms with Crippen LogP contribution in [0.1, 0.15) is 49.1 Å². The predicted octanol–water partition coefficient (Wildman–Crippen LogP) is 2.87. The Hall–Kier alpha value is -1.09. The highest BCUT2D eigenvalue weighted by molar-refractivity contribution is 6.01. The fraction of sp³-hybridized carbons (Fsp3) is 0.643. The SMILES string of the molecule is O=C(c1ccco1)C1(N2CCCC2)CCCC1. The zero-order chi connectivity index (χ0) is 11.7. The molecular formula is C14H19NO2. The molecule has 3 heteroatoms. The Morgan fingerprint density at radius 3 is 2.47 bits per heavy atom. The lowest BCUT2D eigenvalue weighted by Gasteiger charge is -2.36. The number of hydrogen-bond donors (Lipinski definition) is 0. The van der Waals surface area contributed by atoms with Gasteiger partial charge in [0.25, 0.3) is 0 Å². The predicted molar refractivity (Wildman–Crippen MR) is 65.0 cm³/mol. The first kappa shape index (κ1) is 11.0. The van der Waals surface area contributed by atoms with E-state index in [0.717, 1.165) is 25.9 Å². The van der Waals surface area contributed by atoms with Crippen molar-refractivity contribution in [1.82, 2.24) is 4.90 Å². The molecule has 0 bridgehead atoms. The third-order valence-corrected chi connectivity index (χ3v) is 4.31. The molecule has 0 radical (unpaired) electrons. The lowest BCUT2D eigenvalue weighted by atomic mass is 9.88. The van der Waals surface area contributed by atoms with Crippen molar-refractivity contribution in [3.8, 4) is 0 Å². The minimum Gasteiger partial charge on any atom is -0.461 e. The highest BCUT2D eigenvalue weighted by atomic mass is 16.3. The minimum atomic E-state index is -0.242. The molecule has 2 heterocycles. The number of rotatable bonds is 3. The van der Waals surface area contributed by atoms with Gasteiger partial charge in [0.15, 0.2) is 5.76 Å². The smallest absolute Gasteiger partial charge is 0.218 e. The Kier molecular flexibility index (Phi) is 2.79. The van der Waals surface area contributed by atoms with Crippen LogP contribution in [0, 0.1) is 0 Å². The molecule has 2 aliphatic rings. The molecule has 1 aliphatic carbocycles. The summed E-state index contributed by atoms with van der Waals surface area (Å²) in [5, 5.41) is 0. The molecule has 1 saturated carbocycles. The molecule has 0 unspecified atom stereocenters. The average Bonchev–Trinajstić information content (AvgIpc) is 3.10. The van der Waals surface area contributed by atoms with E-state index in [1.165, 1.54) is 25.7 Å². The molecule has 0 aromatic carbocycles. The van der Waals surface area contributed by atoms with Gasteiger partial charge in [-0.05, 0) is 50.9 Å². The van der Waals surface area contributed by atoms with Crippen molar-refractivity contribution in [3.63, 3.8) is 0 Å². The van der Waals surface area contributed by atoms with Crippen molar-refractivity contribution >= 4 is 5.78 Å². The third kappa shape index (κ3) is 1.73. The van der Waals surface area contributed by atoms with E-state index in [4.69, 9.17) is 4.42 Å². The largest absolute Gasteiger partial charge is 0.461 e. The zero-order valence-electron chi connectivity index (χ0n) is 10.2. The fourth-order valence-corrected chi connectivity index (χ4v) is 3.43. The van der Waals surface area contributed by atoms with Gasteiger partial charge in [0.1, 0.15) is 0 Å². The lowest BCUT2D eigenvalue weighted by Crippen LogP contribution is -2.51. The minimum absolute atomic E-state index is 0.210. The van der Waals surface area contributed by atoms with Gasteiger partial charge in [-0.2, -0.15) is 0 Å². The normalized spacial score (nSPS) is 24.2. The number of ketones is 1. The van der Waals surface area contributed by atoms with Crippen LogP contribution in [0.25, 0.3) is 0 Å². The maximum atomic E-state index is 12.7. The second-order valence-electron chi connectivity index (χ2n) is 5.24. The van der Waals surface area contributed by atoms with Gasteiger partial charge in [-0.25, -0.2) is 0 Å². The van der Waals surface area contributed by atoms with Gasteiger partial charge >= 0.3 is 0 Å². The topological polar surface area (TPSA) is 33.5 Å². The number of Topliss-reactive ketones (excluding diaryl/α,β-unsaturated/α-hetero) is 1. The first-order valence-electron chi connectivity index (χ1n) is 6.66. The highest BCUT2D eigenvalue weighted by Gasteiger charge is 2.47. The first-order valence-corrected chi connectivity index (χ1v) is 6.66. The molecule has 1 aliphatic heterocycles. The molecule has 1 aromatic heterocycles. The van der Waals surface area contributed by atoms with E-state index in [0.29, 0.717) is 5.76 Å². The number of nitrogens with zero attached hydrogens (tertiary/aromatic N) is 1. The molecule has 3 rings (SSSR count). The van der Waals surface area contributed by atoms with Gasteiger partial charge in [-0.1, -0.05) is 12.8 Å². The summed E-state index contributed by atoms with van der Waals surface area (Å²) < 4.78 is 5.32. The van der Waals surface area contributed by atoms with Gasteiger partial charge < -0.3 is 4.42 Å². The number of likely N-dealkylation sites (tertiary alicyclic amines) is 1. The van der Waals surface area contributed by atoms with Crippen molar-refractivity contribution in [2.24, 2.45) is 0 Å². The second-order valence-corrected chi connectivity index (χ2v) is 5.24. The van der Waals surface area contributed by atoms with Gasteiger partial charge in [-0.15, -0.1) is 0 Å². The van der Waals surface area contributed by atoms with Crippen LogP contribution in [0.15, 0.2) is 22.8 Å². The van der Waals surface area contributed by atoms with Crippen molar-refractivity contribution in [2.75, 3.05) is 13.1 Å². The van der Waals surface area contributed by atoms with Crippen LogP contribution in [0.5, 0.6) is 0 Å². The number of carbonyl (C=O) groups excluding carboxylic acids is 1. The molecule has 0 spiro atoms. The van der Waals surface area contributed by atoms with Crippen molar-refractivity contribution < 1.29 is 9.21 Å². The molecule has 1 saturated heterocycles. The summed E-state index contributed by atoms with van der Waals surface area (Å²) in [7, 11) is 0. The van der Waals surface area contributed by atoms with Crippen molar-refractivity contribution in [1.29, 1.82) is 0 Å². The third-order valence-electron chi connectivity index (χ3n) is 4.31. The summed E-state index contributed by atoms with van der Waals surface area (Å²) in [4.78, 5) is 15.1. The lowest BCUT2D eigenvalue weighted by molar-refractivity contribution is 0.0596. The zero-order valence-corrected chi connectivity index (χ0v) is 10.2. The van der Waals surface area contributed by atoms with Gasteiger partial charge in [-0.3, -0.25) is 9.69 Å². The van der Waals surface area contributed by atoms with E-state index in [-0.39, 0.29) is 11.3 Å². The summed E-state index contributed by atoms with van der Waals surface area (Å²) in [6, 6.07) is 3.61. The van der Waals surface area contributed by atoms with Crippen LogP contribution in [0.4, 0.5) is 0 Å². The molecule has 17 heavy (non-hydrogen) atoms. The van der Waals surface area contributed by atoms with E-state index in [1.54, 1.807) is 18.4 Å². The maximum absolute atomic E-state index is 12.7. The van der Waals surface area contributed by atoms with E-state index in [1.807, 2.05) is 0 Å². The Labute approximate surface area is 102 Å². The summed E-state index contributed by atoms with van der Waals surface area (Å²) in [5.74, 6) is 0.751. The quantitative estimate of drug-likeness (QED) is 0.753. The number of hydrogen-bond acceptors (Lipinski definition) is 3. The number of furan rings is 1. The molecule has 0 amide bonds. The first-order chi connectivity index (χ1) is 8.33. The molecule has 1 aromatic rings. The van der Waals surface area contributed by atoms with Crippen molar-refractivity contribution in [2.45, 2.75) is 44.1 Å². The summed E-state index contributed by atoms with van der Waals surface area (Å²) in [5.41, 5.74) is -0.242. The van der Waals surface area contributed by atoms with Crippen LogP contribution in [-0.2, 0) is 0 Å². The summed E-state index contributed by atoms with van der Waals surface area (Å²) in [6.07, 6.45) is 8.41. The van der Waals surface area contributed by atoms with Crippen LogP contribution in [0.2, 0.25) is 0 Å². The Balaban J connectivity index is 1.91. The molecule has 92 valence electrons. The summed E-state index contributed by atoms with van der Waals surface area (Å²) in [6.45, 7) is 2.15. The second kappa shape index (κ2) is 4.30. The molecule has 2 fully saturated rings. The Morgan fingerprint density at radius 2 is 1.88 bits per heavy atom. The van der Waals surface area contributed by atoms with Gasteiger partial charge in [0, 0.05) is 0 Å². The maximum Gasteiger partial charge on any atom is 0.218 e.